The Morgan fingerprint density at radius 2 is 1.00 bits per heavy atom. The molecule has 0 rings (SSSR count). The molecule has 0 atom stereocenters. The van der Waals surface area contributed by atoms with Crippen LogP contribution in [-0.2, 0) is 0 Å². The summed E-state index contributed by atoms with van der Waals surface area (Å²) in [6.45, 7) is 0. The zero-order chi connectivity index (χ0) is 4.12. The summed E-state index contributed by atoms with van der Waals surface area (Å²) >= 11 is 0.574. The van der Waals surface area contributed by atoms with Crippen molar-refractivity contribution in [3.05, 3.63) is 0 Å². The van der Waals surface area contributed by atoms with Gasteiger partial charge in [-0.3, -0.25) is 0 Å². The molecule has 0 aromatic rings. The second-order valence-electron chi connectivity index (χ2n) is 0.285. The van der Waals surface area contributed by atoms with Gasteiger partial charge >= 0.3 is 37.7 Å². The predicted octanol–water partition coefficient (Wildman–Crippen LogP) is -3.53. The molecule has 8 heteroatoms. The van der Waals surface area contributed by atoms with Gasteiger partial charge in [0.2, 0.25) is 0 Å². The van der Waals surface area contributed by atoms with Gasteiger partial charge in [-0.2, -0.15) is 10.5 Å². The summed E-state index contributed by atoms with van der Waals surface area (Å²) in [4.78, 5) is 0. The van der Waals surface area contributed by atoms with Crippen molar-refractivity contribution in [2.45, 2.75) is 0 Å². The Morgan fingerprint density at radius 1 is 0.800 bits per heavy atom. The summed E-state index contributed by atoms with van der Waals surface area (Å²) in [7, 11) is 0. The third-order valence-electron chi connectivity index (χ3n) is 0.0913. The summed E-state index contributed by atoms with van der Waals surface area (Å²) in [6, 6.07) is 0. The van der Waals surface area contributed by atoms with Crippen molar-refractivity contribution in [1.82, 2.24) is 0 Å². The fourth-order valence-electron chi connectivity index (χ4n) is 0.0204. The Labute approximate surface area is 92.1 Å². The van der Waals surface area contributed by atoms with Crippen LogP contribution in [0.2, 0.25) is 0 Å². The molecule has 0 unspecified atom stereocenters. The fraction of sp³-hybridized carbons (Fsp3) is 0. The van der Waals surface area contributed by atoms with Gasteiger partial charge in [-0.25, -0.2) is 0 Å². The Bertz CT molecular complexity index is 86.4. The van der Waals surface area contributed by atoms with E-state index >= 15 is 0 Å². The SMILES string of the molecule is N#CSC#N.O.O.O.O.[CaH2]. The summed E-state index contributed by atoms with van der Waals surface area (Å²) in [5, 5.41) is 18.3. The van der Waals surface area contributed by atoms with E-state index in [2.05, 4.69) is 0 Å². The Kier molecular flexibility index (Phi) is 269. The Hall–Kier alpha value is 0.430. The number of thioether (sulfide) groups is 1. The Balaban J connectivity index is -0.00000000800. The van der Waals surface area contributed by atoms with Crippen LogP contribution in [0.25, 0.3) is 0 Å². The van der Waals surface area contributed by atoms with Crippen molar-refractivity contribution in [2.75, 3.05) is 0 Å². The van der Waals surface area contributed by atoms with Gasteiger partial charge in [-0.1, -0.05) is 0 Å². The van der Waals surface area contributed by atoms with E-state index < -0.39 is 0 Å². The summed E-state index contributed by atoms with van der Waals surface area (Å²) in [6.07, 6.45) is 0. The molecule has 0 amide bonds. The fourth-order valence-corrected chi connectivity index (χ4v) is 0.0612. The molecular formula is C2H10CaN2O4S. The molecule has 0 fully saturated rings. The average molecular weight is 198 g/mol. The van der Waals surface area contributed by atoms with E-state index in [0.29, 0.717) is 11.8 Å². The molecule has 0 radical (unpaired) electrons. The van der Waals surface area contributed by atoms with Gasteiger partial charge in [0.15, 0.2) is 0 Å². The van der Waals surface area contributed by atoms with Crippen molar-refractivity contribution in [3.63, 3.8) is 0 Å². The number of nitriles is 2. The van der Waals surface area contributed by atoms with Gasteiger partial charge in [0.25, 0.3) is 0 Å². The molecule has 0 heterocycles. The number of nitrogens with zero attached hydrogens (tertiary/aromatic N) is 2. The molecule has 0 spiro atoms. The molecule has 6 nitrogen and oxygen atoms in total. The Morgan fingerprint density at radius 3 is 1.00 bits per heavy atom. The number of thiocyanates is 2. The van der Waals surface area contributed by atoms with Crippen LogP contribution >= 0.6 is 11.8 Å². The van der Waals surface area contributed by atoms with Crippen LogP contribution in [0.5, 0.6) is 0 Å². The second-order valence-corrected chi connectivity index (χ2v) is 0.854. The number of hydrogen-bond donors (Lipinski definition) is 0. The van der Waals surface area contributed by atoms with Gasteiger partial charge in [-0.15, -0.1) is 0 Å². The van der Waals surface area contributed by atoms with Crippen LogP contribution in [0, 0.1) is 21.3 Å². The molecule has 0 aromatic carbocycles. The summed E-state index contributed by atoms with van der Waals surface area (Å²) in [5.74, 6) is 0. The second kappa shape index (κ2) is 57.0. The first-order valence-corrected chi connectivity index (χ1v) is 1.67. The van der Waals surface area contributed by atoms with Crippen LogP contribution in [0.3, 0.4) is 0 Å². The monoisotopic (exact) mass is 198 g/mol. The van der Waals surface area contributed by atoms with Crippen LogP contribution in [-0.4, -0.2) is 59.6 Å². The quantitative estimate of drug-likeness (QED) is 0.290. The molecule has 0 bridgehead atoms. The third kappa shape index (κ3) is 78.8. The average Bonchev–Trinajstić information content (AvgIpc) is 1.41. The van der Waals surface area contributed by atoms with E-state index in [4.69, 9.17) is 10.5 Å². The first-order chi connectivity index (χ1) is 2.41. The molecule has 8 N–H and O–H groups in total. The van der Waals surface area contributed by atoms with E-state index in [-0.39, 0.29) is 59.6 Å². The van der Waals surface area contributed by atoms with E-state index in [1.54, 1.807) is 10.8 Å². The molecule has 0 saturated carbocycles. The van der Waals surface area contributed by atoms with Crippen molar-refractivity contribution in [3.8, 4) is 10.8 Å². The van der Waals surface area contributed by atoms with Crippen LogP contribution in [0.4, 0.5) is 0 Å². The maximum atomic E-state index is 7.56. The third-order valence-corrected chi connectivity index (χ3v) is 0.274. The molecule has 0 aliphatic rings. The van der Waals surface area contributed by atoms with Gasteiger partial charge in [0.1, 0.15) is 10.8 Å². The van der Waals surface area contributed by atoms with E-state index in [9.17, 15) is 0 Å². The van der Waals surface area contributed by atoms with Crippen LogP contribution in [0.1, 0.15) is 0 Å². The molecule has 60 valence electrons. The van der Waals surface area contributed by atoms with Gasteiger partial charge in [-0.05, 0) is 0 Å². The number of rotatable bonds is 0. The minimum absolute atomic E-state index is 0. The normalized spacial score (nSPS) is 2.20. The van der Waals surface area contributed by atoms with Crippen molar-refractivity contribution >= 4 is 49.5 Å². The standard InChI is InChI=1S/C2N2S.Ca.4H2O.2H/c3-1-5-2-4;;;;;;;/h;;4*1H2;;. The first-order valence-electron chi connectivity index (χ1n) is 0.855. The van der Waals surface area contributed by atoms with Crippen LogP contribution in [0.15, 0.2) is 0 Å². The van der Waals surface area contributed by atoms with Crippen molar-refractivity contribution in [1.29, 1.82) is 10.5 Å². The molecule has 0 aliphatic carbocycles. The molecule has 0 aliphatic heterocycles. The van der Waals surface area contributed by atoms with E-state index in [1.807, 2.05) is 0 Å². The van der Waals surface area contributed by atoms with Crippen molar-refractivity contribution in [2.24, 2.45) is 0 Å². The molecule has 0 aromatic heterocycles. The van der Waals surface area contributed by atoms with Gasteiger partial charge in [0.05, 0.1) is 11.8 Å². The predicted molar refractivity (Wildman–Crippen MR) is 41.8 cm³/mol. The van der Waals surface area contributed by atoms with E-state index in [1.165, 1.54) is 0 Å². The summed E-state index contributed by atoms with van der Waals surface area (Å²) in [5.41, 5.74) is 0. The molecule has 10 heavy (non-hydrogen) atoms. The number of hydrogen-bond acceptors (Lipinski definition) is 3. The molecular weight excluding hydrogens is 188 g/mol. The van der Waals surface area contributed by atoms with Gasteiger partial charge < -0.3 is 21.9 Å². The molecule has 0 saturated heterocycles. The van der Waals surface area contributed by atoms with Crippen LogP contribution < -0.4 is 0 Å². The zero-order valence-electron chi connectivity index (χ0n) is 4.30. The summed E-state index contributed by atoms with van der Waals surface area (Å²) < 4.78 is 0. The van der Waals surface area contributed by atoms with Gasteiger partial charge in [0, 0.05) is 0 Å². The topological polar surface area (TPSA) is 174 Å². The first kappa shape index (κ1) is 47.3. The maximum absolute atomic E-state index is 7.56. The van der Waals surface area contributed by atoms with E-state index in [0.717, 1.165) is 0 Å². The zero-order valence-corrected chi connectivity index (χ0v) is 5.12. The van der Waals surface area contributed by atoms with Crippen molar-refractivity contribution < 1.29 is 21.9 Å². The minimum atomic E-state index is 0.